The lowest BCUT2D eigenvalue weighted by molar-refractivity contribution is -0.148. The summed E-state index contributed by atoms with van der Waals surface area (Å²) in [5, 5.41) is 9.17. The fraction of sp³-hybridized carbons (Fsp3) is 0.280. The molecule has 0 aliphatic carbocycles. The highest BCUT2D eigenvalue weighted by atomic mass is 19.4. The Hall–Kier alpha value is -4.39. The van der Waals surface area contributed by atoms with Crippen molar-refractivity contribution in [3.63, 3.8) is 0 Å². The molecule has 2 aromatic carbocycles. The third-order valence-electron chi connectivity index (χ3n) is 5.92. The van der Waals surface area contributed by atoms with E-state index in [1.165, 1.54) is 47.4 Å². The molecule has 0 radical (unpaired) electrons. The van der Waals surface area contributed by atoms with E-state index in [4.69, 9.17) is 20.3 Å². The Morgan fingerprint density at radius 2 is 1.92 bits per heavy atom. The van der Waals surface area contributed by atoms with E-state index < -0.39 is 47.5 Å². The molecule has 200 valence electrons. The molecule has 4 rings (SSSR count). The van der Waals surface area contributed by atoms with Crippen LogP contribution in [0.4, 0.5) is 23.7 Å². The zero-order valence-electron chi connectivity index (χ0n) is 19.7. The highest BCUT2D eigenvalue weighted by Gasteiger charge is 2.35. The van der Waals surface area contributed by atoms with Crippen LogP contribution in [0.3, 0.4) is 0 Å². The number of carboxylic acid groups (broad SMARTS) is 1. The molecule has 38 heavy (non-hydrogen) atoms. The van der Waals surface area contributed by atoms with Crippen molar-refractivity contribution in [2.45, 2.75) is 31.2 Å². The molecule has 1 aliphatic rings. The van der Waals surface area contributed by atoms with Crippen LogP contribution in [0.1, 0.15) is 18.4 Å². The summed E-state index contributed by atoms with van der Waals surface area (Å²) in [6, 6.07) is 9.59. The van der Waals surface area contributed by atoms with Gasteiger partial charge in [0, 0.05) is 28.8 Å². The third kappa shape index (κ3) is 5.78. The molecule has 1 aliphatic heterocycles. The molecule has 2 heterocycles. The number of nitrogens with one attached hydrogen (secondary N) is 1. The molecule has 0 spiro atoms. The number of fused-ring (bicyclic) bond motifs is 1. The second-order valence-corrected chi connectivity index (χ2v) is 8.61. The summed E-state index contributed by atoms with van der Waals surface area (Å²) in [4.78, 5) is 51.5. The summed E-state index contributed by atoms with van der Waals surface area (Å²) in [5.74, 6) is -1.94. The monoisotopic (exact) mass is 533 g/mol. The Kier molecular flexibility index (Phi) is 7.39. The molecule has 13 heteroatoms. The van der Waals surface area contributed by atoms with Gasteiger partial charge in [0.1, 0.15) is 12.6 Å². The molecular weight excluding hydrogens is 511 g/mol. The van der Waals surface area contributed by atoms with Crippen LogP contribution in [-0.2, 0) is 25.2 Å². The number of cyclic esters (lactones) is 1. The molecular formula is C25H22F3N3O7. The molecule has 1 fully saturated rings. The summed E-state index contributed by atoms with van der Waals surface area (Å²) in [7, 11) is 0. The van der Waals surface area contributed by atoms with Gasteiger partial charge < -0.3 is 25.3 Å². The smallest absolute Gasteiger partial charge is 0.417 e. The first-order chi connectivity index (χ1) is 17.9. The van der Waals surface area contributed by atoms with Crippen molar-refractivity contribution in [3.05, 3.63) is 64.4 Å². The quantitative estimate of drug-likeness (QED) is 0.373. The molecule has 0 bridgehead atoms. The standard InChI is InChI=1S/C25H22F3N3O7/c26-25(27,28)18-4-2-1-3-16(18)20-9-13-5-6-14(10-17(13)22(34)30-20)31-11-15(38-24(31)36)12-37-23(35)19(29)7-8-21(32)33/h1-6,9-10,15,19H,7-8,11-12,29H2,(H,30,34)(H,32,33)/t15-,19+/m1/s1. The Labute approximate surface area is 212 Å². The molecule has 3 aromatic rings. The van der Waals surface area contributed by atoms with Gasteiger partial charge in [-0.15, -0.1) is 0 Å². The zero-order chi connectivity index (χ0) is 27.6. The van der Waals surface area contributed by atoms with E-state index in [0.717, 1.165) is 6.07 Å². The van der Waals surface area contributed by atoms with Crippen molar-refractivity contribution < 1.29 is 42.1 Å². The number of hydrogen-bond donors (Lipinski definition) is 3. The fourth-order valence-corrected chi connectivity index (χ4v) is 4.02. The molecule has 0 unspecified atom stereocenters. The van der Waals surface area contributed by atoms with Gasteiger partial charge in [-0.1, -0.05) is 24.3 Å². The van der Waals surface area contributed by atoms with Crippen LogP contribution >= 0.6 is 0 Å². The number of carbonyl (C=O) groups is 3. The van der Waals surface area contributed by atoms with Crippen LogP contribution in [0, 0.1) is 0 Å². The number of carbonyl (C=O) groups excluding carboxylic acids is 2. The minimum atomic E-state index is -4.61. The molecule has 0 saturated carbocycles. The van der Waals surface area contributed by atoms with Gasteiger partial charge in [-0.05, 0) is 36.1 Å². The number of H-pyrrole nitrogens is 1. The Morgan fingerprint density at radius 1 is 1.18 bits per heavy atom. The van der Waals surface area contributed by atoms with E-state index in [1.807, 2.05) is 0 Å². The van der Waals surface area contributed by atoms with E-state index in [2.05, 4.69) is 4.98 Å². The van der Waals surface area contributed by atoms with Gasteiger partial charge in [0.15, 0.2) is 6.10 Å². The predicted octanol–water partition coefficient (Wildman–Crippen LogP) is 3.27. The molecule has 1 amide bonds. The minimum Gasteiger partial charge on any atom is -0.481 e. The first kappa shape index (κ1) is 26.7. The largest absolute Gasteiger partial charge is 0.481 e. The van der Waals surface area contributed by atoms with Crippen molar-refractivity contribution in [2.75, 3.05) is 18.1 Å². The Morgan fingerprint density at radius 3 is 2.63 bits per heavy atom. The number of nitrogens with zero attached hydrogens (tertiary/aromatic N) is 1. The Bertz CT molecular complexity index is 1450. The number of carboxylic acids is 1. The molecule has 2 atom stereocenters. The maximum atomic E-state index is 13.4. The lowest BCUT2D eigenvalue weighted by Gasteiger charge is -2.15. The van der Waals surface area contributed by atoms with Crippen molar-refractivity contribution >= 4 is 34.5 Å². The average molecular weight is 533 g/mol. The van der Waals surface area contributed by atoms with Crippen molar-refractivity contribution in [2.24, 2.45) is 5.73 Å². The first-order valence-electron chi connectivity index (χ1n) is 11.4. The number of alkyl halides is 3. The van der Waals surface area contributed by atoms with Gasteiger partial charge >= 0.3 is 24.2 Å². The second-order valence-electron chi connectivity index (χ2n) is 8.61. The maximum absolute atomic E-state index is 13.4. The topological polar surface area (TPSA) is 152 Å². The van der Waals surface area contributed by atoms with E-state index in [-0.39, 0.29) is 42.6 Å². The molecule has 4 N–H and O–H groups in total. The van der Waals surface area contributed by atoms with Crippen LogP contribution in [-0.4, -0.2) is 53.4 Å². The number of nitrogens with two attached hydrogens (primary N) is 1. The van der Waals surface area contributed by atoms with Crippen LogP contribution < -0.4 is 16.2 Å². The van der Waals surface area contributed by atoms with E-state index in [0.29, 0.717) is 11.1 Å². The van der Waals surface area contributed by atoms with Crippen LogP contribution in [0.5, 0.6) is 0 Å². The average Bonchev–Trinajstić information content (AvgIpc) is 3.25. The van der Waals surface area contributed by atoms with E-state index >= 15 is 0 Å². The van der Waals surface area contributed by atoms with Crippen molar-refractivity contribution in [3.8, 4) is 11.3 Å². The van der Waals surface area contributed by atoms with Crippen molar-refractivity contribution in [1.82, 2.24) is 4.98 Å². The summed E-state index contributed by atoms with van der Waals surface area (Å²) in [5.41, 5.74) is 4.17. The normalized spacial score (nSPS) is 16.4. The van der Waals surface area contributed by atoms with Gasteiger partial charge in [-0.3, -0.25) is 19.3 Å². The number of amides is 1. The number of aromatic nitrogens is 1. The number of pyridine rings is 1. The highest BCUT2D eigenvalue weighted by molar-refractivity contribution is 5.95. The number of anilines is 1. The number of aromatic amines is 1. The Balaban J connectivity index is 1.50. The lowest BCUT2D eigenvalue weighted by atomic mass is 10.0. The lowest BCUT2D eigenvalue weighted by Crippen LogP contribution is -2.35. The van der Waals surface area contributed by atoms with Crippen LogP contribution in [0.2, 0.25) is 0 Å². The molecule has 1 saturated heterocycles. The summed E-state index contributed by atoms with van der Waals surface area (Å²) in [6.45, 7) is -0.324. The number of ether oxygens (including phenoxy) is 2. The number of rotatable bonds is 8. The van der Waals surface area contributed by atoms with Gasteiger partial charge in [-0.25, -0.2) is 4.79 Å². The van der Waals surface area contributed by atoms with Crippen molar-refractivity contribution in [1.29, 1.82) is 0 Å². The second kappa shape index (κ2) is 10.5. The zero-order valence-corrected chi connectivity index (χ0v) is 19.7. The highest BCUT2D eigenvalue weighted by Crippen LogP contribution is 2.36. The fourth-order valence-electron chi connectivity index (χ4n) is 4.02. The predicted molar refractivity (Wildman–Crippen MR) is 128 cm³/mol. The number of halogens is 3. The van der Waals surface area contributed by atoms with Crippen LogP contribution in [0.15, 0.2) is 53.3 Å². The summed E-state index contributed by atoms with van der Waals surface area (Å²) in [6.07, 6.45) is -6.63. The maximum Gasteiger partial charge on any atom is 0.417 e. The SMILES string of the molecule is N[C@@H](CCC(=O)O)C(=O)OC[C@H]1CN(c2ccc3cc(-c4ccccc4C(F)(F)F)[nH]c(=O)c3c2)C(=O)O1. The van der Waals surface area contributed by atoms with E-state index in [1.54, 1.807) is 0 Å². The van der Waals surface area contributed by atoms with Gasteiger partial charge in [0.2, 0.25) is 0 Å². The third-order valence-corrected chi connectivity index (χ3v) is 5.92. The summed E-state index contributed by atoms with van der Waals surface area (Å²) >= 11 is 0. The van der Waals surface area contributed by atoms with Gasteiger partial charge in [0.25, 0.3) is 5.56 Å². The minimum absolute atomic E-state index is 0.00722. The molecule has 10 nitrogen and oxygen atoms in total. The number of esters is 1. The van der Waals surface area contributed by atoms with E-state index in [9.17, 15) is 32.3 Å². The van der Waals surface area contributed by atoms with Gasteiger partial charge in [0.05, 0.1) is 12.1 Å². The first-order valence-corrected chi connectivity index (χ1v) is 11.4. The van der Waals surface area contributed by atoms with Gasteiger partial charge in [-0.2, -0.15) is 13.2 Å². The number of aliphatic carboxylic acids is 1. The number of benzene rings is 2. The molecule has 1 aromatic heterocycles. The van der Waals surface area contributed by atoms with Crippen LogP contribution in [0.25, 0.3) is 22.0 Å². The number of hydrogen-bond acceptors (Lipinski definition) is 7. The summed E-state index contributed by atoms with van der Waals surface area (Å²) < 4.78 is 50.6.